The minimum atomic E-state index is -0.534. The van der Waals surface area contributed by atoms with Gasteiger partial charge in [0, 0.05) is 34.1 Å². The number of nitrogens with zero attached hydrogens (tertiary/aromatic N) is 2. The van der Waals surface area contributed by atoms with Gasteiger partial charge in [0.1, 0.15) is 0 Å². The van der Waals surface area contributed by atoms with Crippen molar-refractivity contribution < 1.29 is 0 Å². The quantitative estimate of drug-likeness (QED) is 0.107. The highest BCUT2D eigenvalue weighted by atomic mass is 15.1. The second kappa shape index (κ2) is 23.3. The topological polar surface area (TPSA) is 6.48 Å². The van der Waals surface area contributed by atoms with Gasteiger partial charge < -0.3 is 9.80 Å². The summed E-state index contributed by atoms with van der Waals surface area (Å²) in [6.45, 7) is 2.26. The van der Waals surface area contributed by atoms with Crippen molar-refractivity contribution in [3.8, 4) is 77.9 Å². The molecule has 15 rings (SSSR count). The van der Waals surface area contributed by atoms with Crippen molar-refractivity contribution in [1.82, 2.24) is 0 Å². The number of hydrogen-bond acceptors (Lipinski definition) is 2. The molecule has 14 aromatic rings. The lowest BCUT2D eigenvalue weighted by molar-refractivity contribution is 0.768. The van der Waals surface area contributed by atoms with Crippen LogP contribution in [0.5, 0.6) is 0 Å². The SMILES string of the molecule is Cc1cccc2c1-c1ccc(N(c3ccccc3)c3ccc(-c4cc(-c5ccccc5)c(-c5ccc(N(c6ccccc6)c6ccc(-c7ccc(-c8ccccc8)cc7)cc6)cc5)cc4-c4ccccc4)cc3)cc1C2(c1ccccc1)c1ccccc1. The molecule has 2 nitrogen and oxygen atoms in total. The maximum absolute atomic E-state index is 2.46. The van der Waals surface area contributed by atoms with Crippen LogP contribution in [0.4, 0.5) is 34.1 Å². The molecule has 0 aromatic heterocycles. The summed E-state index contributed by atoms with van der Waals surface area (Å²) in [5.74, 6) is 0. The summed E-state index contributed by atoms with van der Waals surface area (Å²) in [6, 6.07) is 131. The Hall–Kier alpha value is -11.3. The van der Waals surface area contributed by atoms with E-state index in [1.54, 1.807) is 0 Å². The van der Waals surface area contributed by atoms with E-state index in [2.05, 4.69) is 375 Å². The fraction of sp³-hybridized carbons (Fsp3) is 0.0233. The summed E-state index contributed by atoms with van der Waals surface area (Å²) in [6.07, 6.45) is 0. The minimum Gasteiger partial charge on any atom is -0.311 e. The molecule has 0 heterocycles. The van der Waals surface area contributed by atoms with Gasteiger partial charge in [-0.3, -0.25) is 0 Å². The van der Waals surface area contributed by atoms with Gasteiger partial charge in [0.25, 0.3) is 0 Å². The third-order valence-electron chi connectivity index (χ3n) is 17.7. The third-order valence-corrected chi connectivity index (χ3v) is 17.7. The van der Waals surface area contributed by atoms with Crippen LogP contribution in [0.2, 0.25) is 0 Å². The van der Waals surface area contributed by atoms with Crippen LogP contribution in [0.15, 0.2) is 358 Å². The molecule has 14 aromatic carbocycles. The van der Waals surface area contributed by atoms with Crippen LogP contribution in [0, 0.1) is 6.92 Å². The van der Waals surface area contributed by atoms with E-state index >= 15 is 0 Å². The minimum absolute atomic E-state index is 0.534. The van der Waals surface area contributed by atoms with E-state index in [1.165, 1.54) is 72.3 Å². The van der Waals surface area contributed by atoms with E-state index in [1.807, 2.05) is 0 Å². The highest BCUT2D eigenvalue weighted by molar-refractivity contribution is 5.97. The van der Waals surface area contributed by atoms with Gasteiger partial charge in [0.15, 0.2) is 0 Å². The fourth-order valence-corrected chi connectivity index (χ4v) is 13.6. The Morgan fingerprint density at radius 2 is 0.500 bits per heavy atom. The highest BCUT2D eigenvalue weighted by Crippen LogP contribution is 2.58. The van der Waals surface area contributed by atoms with Gasteiger partial charge in [-0.15, -0.1) is 0 Å². The number of aryl methyl sites for hydroxylation is 1. The predicted molar refractivity (Wildman–Crippen MR) is 370 cm³/mol. The lowest BCUT2D eigenvalue weighted by Crippen LogP contribution is -2.28. The number of rotatable bonds is 14. The fourth-order valence-electron chi connectivity index (χ4n) is 13.6. The number of fused-ring (bicyclic) bond motifs is 3. The van der Waals surface area contributed by atoms with Crippen molar-refractivity contribution in [2.45, 2.75) is 12.3 Å². The Kier molecular flexibility index (Phi) is 14.1. The average molecular weight is 1120 g/mol. The van der Waals surface area contributed by atoms with Crippen molar-refractivity contribution in [3.05, 3.63) is 386 Å². The van der Waals surface area contributed by atoms with Gasteiger partial charge in [0.05, 0.1) is 5.41 Å². The van der Waals surface area contributed by atoms with Gasteiger partial charge in [-0.1, -0.05) is 273 Å². The molecule has 0 amide bonds. The molecule has 0 atom stereocenters. The summed E-state index contributed by atoms with van der Waals surface area (Å²) in [4.78, 5) is 4.76. The van der Waals surface area contributed by atoms with E-state index in [9.17, 15) is 0 Å². The normalized spacial score (nSPS) is 12.0. The van der Waals surface area contributed by atoms with Crippen molar-refractivity contribution in [3.63, 3.8) is 0 Å². The Labute approximate surface area is 516 Å². The maximum atomic E-state index is 2.46. The molecule has 1 aliphatic carbocycles. The van der Waals surface area contributed by atoms with Gasteiger partial charge in [-0.05, 0) is 198 Å². The molecule has 1 aliphatic rings. The standard InChI is InChI=1S/C86H62N2/c1-61-24-23-39-83-85(61)78-57-56-77(58-84(78)86(83,70-31-15-5-16-32-70)71-33-17-6-18-34-71)88(73-37-21-8-22-38-73)76-54-48-69(49-55-76)82-60-79(66-27-11-3-12-28-66)81(59-80(82)67-29-13-4-14-30-67)68-46-52-75(53-47-68)87(72-35-19-7-20-36-72)74-50-44-65(45-51-74)64-42-40-63(41-43-64)62-25-9-2-10-26-62/h2-60H,1H3. The zero-order valence-electron chi connectivity index (χ0n) is 49.0. The summed E-state index contributed by atoms with van der Waals surface area (Å²) < 4.78 is 0. The maximum Gasteiger partial charge on any atom is 0.0714 e. The first-order chi connectivity index (χ1) is 43.6. The van der Waals surface area contributed by atoms with E-state index in [0.717, 1.165) is 67.5 Å². The average Bonchev–Trinajstić information content (AvgIpc) is 1.56. The first-order valence-electron chi connectivity index (χ1n) is 30.4. The lowest BCUT2D eigenvalue weighted by Gasteiger charge is -2.35. The van der Waals surface area contributed by atoms with Crippen LogP contribution in [-0.2, 0) is 5.41 Å². The smallest absolute Gasteiger partial charge is 0.0714 e. The first-order valence-corrected chi connectivity index (χ1v) is 30.4. The number of anilines is 6. The molecule has 0 saturated heterocycles. The molecule has 2 heteroatoms. The van der Waals surface area contributed by atoms with Crippen LogP contribution < -0.4 is 9.80 Å². The molecule has 0 N–H and O–H groups in total. The predicted octanol–water partition coefficient (Wildman–Crippen LogP) is 23.3. The summed E-state index contributed by atoms with van der Waals surface area (Å²) >= 11 is 0. The second-order valence-corrected chi connectivity index (χ2v) is 22.8. The molecular weight excluding hydrogens is 1060 g/mol. The van der Waals surface area contributed by atoms with Gasteiger partial charge in [0.2, 0.25) is 0 Å². The van der Waals surface area contributed by atoms with E-state index < -0.39 is 5.41 Å². The van der Waals surface area contributed by atoms with Crippen LogP contribution in [0.25, 0.3) is 77.9 Å². The van der Waals surface area contributed by atoms with Crippen molar-refractivity contribution >= 4 is 34.1 Å². The number of hydrogen-bond donors (Lipinski definition) is 0. The zero-order valence-corrected chi connectivity index (χ0v) is 49.0. The molecule has 0 fully saturated rings. The van der Waals surface area contributed by atoms with Crippen LogP contribution >= 0.6 is 0 Å². The molecule has 0 radical (unpaired) electrons. The molecule has 0 unspecified atom stereocenters. The summed E-state index contributed by atoms with van der Waals surface area (Å²) in [7, 11) is 0. The Bertz CT molecular complexity index is 4670. The van der Waals surface area contributed by atoms with E-state index in [0.29, 0.717) is 0 Å². The Balaban J connectivity index is 0.818. The van der Waals surface area contributed by atoms with Crippen LogP contribution in [0.3, 0.4) is 0 Å². The Morgan fingerprint density at radius 3 is 0.909 bits per heavy atom. The van der Waals surface area contributed by atoms with Crippen molar-refractivity contribution in [2.75, 3.05) is 9.80 Å². The van der Waals surface area contributed by atoms with Crippen LogP contribution in [0.1, 0.15) is 27.8 Å². The molecular formula is C86H62N2. The van der Waals surface area contributed by atoms with E-state index in [4.69, 9.17) is 0 Å². The number of para-hydroxylation sites is 2. The summed E-state index contributed by atoms with van der Waals surface area (Å²) in [5.41, 5.74) is 29.0. The molecule has 0 saturated carbocycles. The largest absolute Gasteiger partial charge is 0.311 e. The lowest BCUT2D eigenvalue weighted by atomic mass is 9.67. The Morgan fingerprint density at radius 1 is 0.205 bits per heavy atom. The van der Waals surface area contributed by atoms with Crippen LogP contribution in [-0.4, -0.2) is 0 Å². The van der Waals surface area contributed by atoms with Gasteiger partial charge in [-0.25, -0.2) is 0 Å². The monoisotopic (exact) mass is 1120 g/mol. The molecule has 0 bridgehead atoms. The van der Waals surface area contributed by atoms with Gasteiger partial charge >= 0.3 is 0 Å². The van der Waals surface area contributed by atoms with Gasteiger partial charge in [-0.2, -0.15) is 0 Å². The summed E-state index contributed by atoms with van der Waals surface area (Å²) in [5, 5.41) is 0. The zero-order chi connectivity index (χ0) is 58.8. The number of benzene rings is 14. The van der Waals surface area contributed by atoms with E-state index in [-0.39, 0.29) is 0 Å². The second-order valence-electron chi connectivity index (χ2n) is 22.8. The van der Waals surface area contributed by atoms with Crippen molar-refractivity contribution in [2.24, 2.45) is 0 Å². The first kappa shape index (κ1) is 53.4. The molecule has 0 spiro atoms. The highest BCUT2D eigenvalue weighted by Gasteiger charge is 2.47. The molecule has 0 aliphatic heterocycles. The third kappa shape index (κ3) is 9.77. The molecule has 416 valence electrons. The molecule has 88 heavy (non-hydrogen) atoms. The van der Waals surface area contributed by atoms with Crippen molar-refractivity contribution in [1.29, 1.82) is 0 Å².